The van der Waals surface area contributed by atoms with Gasteiger partial charge in [0.2, 0.25) is 0 Å². The van der Waals surface area contributed by atoms with E-state index in [-0.39, 0.29) is 18.6 Å². The molecule has 0 aromatic heterocycles. The lowest BCUT2D eigenvalue weighted by atomic mass is 10.2. The highest BCUT2D eigenvalue weighted by Gasteiger charge is 2.06. The summed E-state index contributed by atoms with van der Waals surface area (Å²) in [4.78, 5) is 11.9. The number of benzene rings is 2. The maximum atomic E-state index is 11.9. The molecule has 0 bridgehead atoms. The molecule has 128 valence electrons. The summed E-state index contributed by atoms with van der Waals surface area (Å²) < 4.78 is 11.8. The Bertz CT molecular complexity index is 689. The zero-order chi connectivity index (χ0) is 17.5. The number of rotatable bonds is 7. The van der Waals surface area contributed by atoms with Gasteiger partial charge in [-0.1, -0.05) is 23.7 Å². The van der Waals surface area contributed by atoms with Crippen molar-refractivity contribution in [2.45, 2.75) is 26.5 Å². The molecule has 0 saturated heterocycles. The Morgan fingerprint density at radius 1 is 1.21 bits per heavy atom. The Hall–Kier alpha value is -1.72. The van der Waals surface area contributed by atoms with Crippen LogP contribution < -0.4 is 14.8 Å². The van der Waals surface area contributed by atoms with Crippen LogP contribution >= 0.6 is 27.5 Å². The molecule has 2 rings (SSSR count). The van der Waals surface area contributed by atoms with Crippen molar-refractivity contribution in [3.8, 4) is 11.5 Å². The minimum Gasteiger partial charge on any atom is -0.491 e. The van der Waals surface area contributed by atoms with Crippen LogP contribution in [0.5, 0.6) is 11.5 Å². The van der Waals surface area contributed by atoms with E-state index in [2.05, 4.69) is 21.2 Å². The molecule has 0 radical (unpaired) electrons. The molecular formula is C18H19BrClNO3. The van der Waals surface area contributed by atoms with Gasteiger partial charge in [-0.15, -0.1) is 0 Å². The third kappa shape index (κ3) is 6.06. The predicted molar refractivity (Wildman–Crippen MR) is 98.7 cm³/mol. The summed E-state index contributed by atoms with van der Waals surface area (Å²) in [6.45, 7) is 4.33. The average Bonchev–Trinajstić information content (AvgIpc) is 2.53. The largest absolute Gasteiger partial charge is 0.491 e. The molecule has 0 atom stereocenters. The topological polar surface area (TPSA) is 47.6 Å². The highest BCUT2D eigenvalue weighted by atomic mass is 79.9. The summed E-state index contributed by atoms with van der Waals surface area (Å²) in [5.74, 6) is 1.19. The van der Waals surface area contributed by atoms with Crippen LogP contribution in [0.3, 0.4) is 0 Å². The van der Waals surface area contributed by atoms with Crippen LogP contribution in [0.25, 0.3) is 0 Å². The van der Waals surface area contributed by atoms with E-state index in [9.17, 15) is 4.79 Å². The lowest BCUT2D eigenvalue weighted by Gasteiger charge is -2.11. The molecule has 0 spiro atoms. The van der Waals surface area contributed by atoms with Gasteiger partial charge in [0.25, 0.3) is 5.91 Å². The summed E-state index contributed by atoms with van der Waals surface area (Å²) in [5.41, 5.74) is 0.993. The molecule has 2 aromatic rings. The number of hydrogen-bond donors (Lipinski definition) is 1. The van der Waals surface area contributed by atoms with Crippen LogP contribution in [0, 0.1) is 0 Å². The number of amides is 1. The van der Waals surface area contributed by atoms with Crippen molar-refractivity contribution in [2.24, 2.45) is 0 Å². The van der Waals surface area contributed by atoms with E-state index >= 15 is 0 Å². The second-order valence-electron chi connectivity index (χ2n) is 5.45. The quantitative estimate of drug-likeness (QED) is 0.724. The maximum absolute atomic E-state index is 11.9. The van der Waals surface area contributed by atoms with Gasteiger partial charge in [0.15, 0.2) is 6.61 Å². The Kier molecular flexibility index (Phi) is 6.94. The van der Waals surface area contributed by atoms with Gasteiger partial charge in [0.05, 0.1) is 10.6 Å². The first kappa shape index (κ1) is 18.6. The van der Waals surface area contributed by atoms with Crippen molar-refractivity contribution >= 4 is 33.4 Å². The standard InChI is InChI=1S/C18H19BrClNO3/c1-12(2)24-15-6-3-13(4-7-15)10-21-18(22)11-23-17-8-5-14(20)9-16(17)19/h3-9,12H,10-11H2,1-2H3,(H,21,22). The van der Waals surface area contributed by atoms with Gasteiger partial charge in [0.1, 0.15) is 11.5 Å². The molecule has 24 heavy (non-hydrogen) atoms. The van der Waals surface area contributed by atoms with E-state index in [0.29, 0.717) is 21.8 Å². The number of carbonyl (C=O) groups excluding carboxylic acids is 1. The number of ether oxygens (including phenoxy) is 2. The third-order valence-corrected chi connectivity index (χ3v) is 3.89. The lowest BCUT2D eigenvalue weighted by molar-refractivity contribution is -0.123. The average molecular weight is 413 g/mol. The maximum Gasteiger partial charge on any atom is 0.258 e. The first-order valence-corrected chi connectivity index (χ1v) is 8.71. The zero-order valence-corrected chi connectivity index (χ0v) is 15.9. The van der Waals surface area contributed by atoms with E-state index in [0.717, 1.165) is 11.3 Å². The Labute approximate surface area is 155 Å². The fraction of sp³-hybridized carbons (Fsp3) is 0.278. The van der Waals surface area contributed by atoms with E-state index in [4.69, 9.17) is 21.1 Å². The summed E-state index contributed by atoms with van der Waals surface area (Å²) >= 11 is 9.21. The van der Waals surface area contributed by atoms with Crippen molar-refractivity contribution in [1.82, 2.24) is 5.32 Å². The summed E-state index contributed by atoms with van der Waals surface area (Å²) in [5, 5.41) is 3.41. The van der Waals surface area contributed by atoms with Gasteiger partial charge in [-0.05, 0) is 65.7 Å². The molecule has 0 aliphatic carbocycles. The van der Waals surface area contributed by atoms with E-state index in [1.807, 2.05) is 38.1 Å². The van der Waals surface area contributed by atoms with Crippen LogP contribution in [0.4, 0.5) is 0 Å². The zero-order valence-electron chi connectivity index (χ0n) is 13.5. The summed E-state index contributed by atoms with van der Waals surface area (Å²) in [6, 6.07) is 12.8. The summed E-state index contributed by atoms with van der Waals surface area (Å²) in [6.07, 6.45) is 0.139. The fourth-order valence-electron chi connectivity index (χ4n) is 1.95. The fourth-order valence-corrected chi connectivity index (χ4v) is 2.74. The molecular weight excluding hydrogens is 394 g/mol. The Morgan fingerprint density at radius 2 is 1.92 bits per heavy atom. The molecule has 4 nitrogen and oxygen atoms in total. The smallest absolute Gasteiger partial charge is 0.258 e. The molecule has 0 heterocycles. The Balaban J connectivity index is 1.78. The van der Waals surface area contributed by atoms with Crippen molar-refractivity contribution in [3.05, 3.63) is 57.5 Å². The third-order valence-electron chi connectivity index (χ3n) is 3.04. The van der Waals surface area contributed by atoms with E-state index in [1.165, 1.54) is 0 Å². The second kappa shape index (κ2) is 8.94. The van der Waals surface area contributed by atoms with Gasteiger partial charge in [-0.2, -0.15) is 0 Å². The van der Waals surface area contributed by atoms with Crippen LogP contribution in [0.15, 0.2) is 46.9 Å². The van der Waals surface area contributed by atoms with Crippen LogP contribution in [-0.4, -0.2) is 18.6 Å². The van der Waals surface area contributed by atoms with Crippen molar-refractivity contribution in [3.63, 3.8) is 0 Å². The van der Waals surface area contributed by atoms with Crippen molar-refractivity contribution < 1.29 is 14.3 Å². The number of carbonyl (C=O) groups is 1. The van der Waals surface area contributed by atoms with Gasteiger partial charge < -0.3 is 14.8 Å². The first-order valence-electron chi connectivity index (χ1n) is 7.54. The van der Waals surface area contributed by atoms with Crippen molar-refractivity contribution in [1.29, 1.82) is 0 Å². The number of nitrogens with one attached hydrogen (secondary N) is 1. The van der Waals surface area contributed by atoms with E-state index < -0.39 is 0 Å². The van der Waals surface area contributed by atoms with Gasteiger partial charge in [0, 0.05) is 11.6 Å². The van der Waals surface area contributed by atoms with Crippen LogP contribution in [-0.2, 0) is 11.3 Å². The lowest BCUT2D eigenvalue weighted by Crippen LogP contribution is -2.28. The van der Waals surface area contributed by atoms with Crippen LogP contribution in [0.1, 0.15) is 19.4 Å². The number of halogens is 2. The van der Waals surface area contributed by atoms with Crippen LogP contribution in [0.2, 0.25) is 5.02 Å². The monoisotopic (exact) mass is 411 g/mol. The minimum atomic E-state index is -0.195. The van der Waals surface area contributed by atoms with Crippen molar-refractivity contribution in [2.75, 3.05) is 6.61 Å². The molecule has 2 aromatic carbocycles. The number of hydrogen-bond acceptors (Lipinski definition) is 3. The molecule has 0 aliphatic heterocycles. The summed E-state index contributed by atoms with van der Waals surface area (Å²) in [7, 11) is 0. The SMILES string of the molecule is CC(C)Oc1ccc(CNC(=O)COc2ccc(Cl)cc2Br)cc1. The molecule has 1 N–H and O–H groups in total. The van der Waals surface area contributed by atoms with Gasteiger partial charge >= 0.3 is 0 Å². The van der Waals surface area contributed by atoms with E-state index in [1.54, 1.807) is 18.2 Å². The minimum absolute atomic E-state index is 0.0607. The molecule has 1 amide bonds. The molecule has 0 fully saturated rings. The predicted octanol–water partition coefficient (Wildman–Crippen LogP) is 4.58. The first-order chi connectivity index (χ1) is 11.4. The molecule has 0 unspecified atom stereocenters. The molecule has 0 saturated carbocycles. The highest BCUT2D eigenvalue weighted by Crippen LogP contribution is 2.27. The van der Waals surface area contributed by atoms with Gasteiger partial charge in [-0.3, -0.25) is 4.79 Å². The molecule has 0 aliphatic rings. The normalized spacial score (nSPS) is 10.5. The second-order valence-corrected chi connectivity index (χ2v) is 6.74. The van der Waals surface area contributed by atoms with Gasteiger partial charge in [-0.25, -0.2) is 0 Å². The Morgan fingerprint density at radius 3 is 2.54 bits per heavy atom. The highest BCUT2D eigenvalue weighted by molar-refractivity contribution is 9.10. The molecule has 6 heteroatoms.